The third kappa shape index (κ3) is 5.30. The Labute approximate surface area is 344 Å². The van der Waals surface area contributed by atoms with Crippen molar-refractivity contribution < 1.29 is 4.42 Å². The predicted octanol–water partition coefficient (Wildman–Crippen LogP) is 15.9. The van der Waals surface area contributed by atoms with Gasteiger partial charge in [0.15, 0.2) is 0 Å². The lowest BCUT2D eigenvalue weighted by molar-refractivity contribution is 0.580. The van der Waals surface area contributed by atoms with Crippen molar-refractivity contribution in [1.29, 1.82) is 0 Å². The van der Waals surface area contributed by atoms with E-state index in [9.17, 15) is 0 Å². The largest absolute Gasteiger partial charge is 0.455 e. The highest BCUT2D eigenvalue weighted by atomic mass is 16.3. The van der Waals surface area contributed by atoms with Crippen LogP contribution in [0.1, 0.15) is 103 Å². The van der Waals surface area contributed by atoms with Crippen LogP contribution in [0.25, 0.3) is 55.3 Å². The van der Waals surface area contributed by atoms with Gasteiger partial charge in [0.05, 0.1) is 11.4 Å². The third-order valence-corrected chi connectivity index (χ3v) is 13.4. The second kappa shape index (κ2) is 12.3. The first-order chi connectivity index (χ1) is 27.5. The molecule has 1 heterocycles. The van der Waals surface area contributed by atoms with Gasteiger partial charge in [-0.1, -0.05) is 178 Å². The minimum atomic E-state index is -0.195. The van der Waals surface area contributed by atoms with Crippen LogP contribution in [0.3, 0.4) is 0 Å². The van der Waals surface area contributed by atoms with Crippen LogP contribution in [-0.4, -0.2) is 0 Å². The van der Waals surface area contributed by atoms with E-state index >= 15 is 0 Å². The average Bonchev–Trinajstić information content (AvgIpc) is 3.77. The minimum absolute atomic E-state index is 0.0409. The van der Waals surface area contributed by atoms with Crippen LogP contribution in [0.2, 0.25) is 0 Å². The van der Waals surface area contributed by atoms with Gasteiger partial charge in [-0.05, 0) is 91.2 Å². The SMILES string of the molecule is CC(C)(C)c1ccc2c(c1)C(C)(C)c1cc(C(C)(C)C)cc(N(c3cccc(-c4cccc5c4oc4ccccc45)c3)c3cccc4c3-c3ccccc3C4(C)C)c1-2. The number of fused-ring (bicyclic) bond motifs is 9. The second-order valence-electron chi connectivity index (χ2n) is 19.8. The molecule has 288 valence electrons. The molecule has 2 aliphatic carbocycles. The summed E-state index contributed by atoms with van der Waals surface area (Å²) in [6.07, 6.45) is 0. The molecule has 0 unspecified atom stereocenters. The van der Waals surface area contributed by atoms with Crippen LogP contribution in [0, 0.1) is 0 Å². The van der Waals surface area contributed by atoms with Gasteiger partial charge >= 0.3 is 0 Å². The molecular formula is C56H53NO. The Hall–Kier alpha value is -5.86. The summed E-state index contributed by atoms with van der Waals surface area (Å²) in [7, 11) is 0. The summed E-state index contributed by atoms with van der Waals surface area (Å²) in [5.41, 5.74) is 20.7. The van der Waals surface area contributed by atoms with Crippen molar-refractivity contribution in [2.75, 3.05) is 4.90 Å². The number of anilines is 3. The van der Waals surface area contributed by atoms with E-state index in [-0.39, 0.29) is 21.7 Å². The van der Waals surface area contributed by atoms with Crippen LogP contribution in [0.5, 0.6) is 0 Å². The molecule has 8 aromatic rings. The molecule has 0 atom stereocenters. The normalized spacial score (nSPS) is 15.0. The molecule has 0 amide bonds. The summed E-state index contributed by atoms with van der Waals surface area (Å²) in [5.74, 6) is 0. The summed E-state index contributed by atoms with van der Waals surface area (Å²) in [6, 6.07) is 52.3. The van der Waals surface area contributed by atoms with E-state index in [1.165, 1.54) is 67.0 Å². The molecule has 2 heteroatoms. The van der Waals surface area contributed by atoms with Crippen molar-refractivity contribution in [1.82, 2.24) is 0 Å². The van der Waals surface area contributed by atoms with Crippen molar-refractivity contribution in [3.05, 3.63) is 173 Å². The van der Waals surface area contributed by atoms with E-state index in [1.54, 1.807) is 0 Å². The summed E-state index contributed by atoms with van der Waals surface area (Å²) in [6.45, 7) is 23.6. The Morgan fingerprint density at radius 1 is 0.448 bits per heavy atom. The van der Waals surface area contributed by atoms with Crippen molar-refractivity contribution in [2.45, 2.75) is 90.9 Å². The summed E-state index contributed by atoms with van der Waals surface area (Å²) in [4.78, 5) is 2.59. The molecular weight excluding hydrogens is 703 g/mol. The Kier molecular flexibility index (Phi) is 7.75. The first kappa shape index (κ1) is 36.5. The Morgan fingerprint density at radius 2 is 1.05 bits per heavy atom. The van der Waals surface area contributed by atoms with Crippen LogP contribution < -0.4 is 4.90 Å². The lowest BCUT2D eigenvalue weighted by Crippen LogP contribution is -2.20. The van der Waals surface area contributed by atoms with Gasteiger partial charge in [0, 0.05) is 44.0 Å². The minimum Gasteiger partial charge on any atom is -0.455 e. The van der Waals surface area contributed by atoms with Crippen LogP contribution >= 0.6 is 0 Å². The molecule has 0 saturated heterocycles. The smallest absolute Gasteiger partial charge is 0.143 e. The van der Waals surface area contributed by atoms with Gasteiger partial charge in [0.25, 0.3) is 0 Å². The molecule has 0 saturated carbocycles. The molecule has 0 aliphatic heterocycles. The standard InChI is InChI=1S/C56H53NO/c1-53(2,3)35-28-29-42-45(31-35)56(9,10)46-32-36(54(4,5)6)33-48(51(42)46)57(47-26-17-25-44-50(47)41-21-11-13-24-43(41)55(44,7)8)37-19-15-18-34(30-37)38-22-16-23-40-39-20-12-14-27-49(39)58-52(38)40/h11-33H,1-10H3. The summed E-state index contributed by atoms with van der Waals surface area (Å²) in [5, 5.41) is 2.28. The highest BCUT2D eigenvalue weighted by Crippen LogP contribution is 2.59. The van der Waals surface area contributed by atoms with Gasteiger partial charge in [-0.15, -0.1) is 0 Å². The molecule has 10 rings (SSSR count). The van der Waals surface area contributed by atoms with Crippen molar-refractivity contribution in [3.63, 3.8) is 0 Å². The molecule has 0 spiro atoms. The first-order valence-electron chi connectivity index (χ1n) is 20.9. The predicted molar refractivity (Wildman–Crippen MR) is 246 cm³/mol. The number of benzene rings is 7. The van der Waals surface area contributed by atoms with Gasteiger partial charge in [-0.2, -0.15) is 0 Å². The summed E-state index contributed by atoms with van der Waals surface area (Å²) < 4.78 is 6.63. The first-order valence-corrected chi connectivity index (χ1v) is 20.9. The molecule has 0 bridgehead atoms. The van der Waals surface area contributed by atoms with Crippen molar-refractivity contribution in [3.8, 4) is 33.4 Å². The molecule has 0 N–H and O–H groups in total. The monoisotopic (exact) mass is 755 g/mol. The summed E-state index contributed by atoms with van der Waals surface area (Å²) >= 11 is 0. The van der Waals surface area contributed by atoms with E-state index in [0.29, 0.717) is 0 Å². The van der Waals surface area contributed by atoms with E-state index in [4.69, 9.17) is 4.42 Å². The van der Waals surface area contributed by atoms with Crippen LogP contribution in [0.4, 0.5) is 17.1 Å². The number of rotatable bonds is 4. The van der Waals surface area contributed by atoms with Gasteiger partial charge in [-0.25, -0.2) is 0 Å². The molecule has 0 fully saturated rings. The van der Waals surface area contributed by atoms with Gasteiger partial charge in [-0.3, -0.25) is 0 Å². The quantitative estimate of drug-likeness (QED) is 0.178. The molecule has 2 nitrogen and oxygen atoms in total. The van der Waals surface area contributed by atoms with Crippen molar-refractivity contribution >= 4 is 39.0 Å². The highest BCUT2D eigenvalue weighted by Gasteiger charge is 2.42. The molecule has 58 heavy (non-hydrogen) atoms. The van der Waals surface area contributed by atoms with Crippen LogP contribution in [-0.2, 0) is 21.7 Å². The molecule has 1 aromatic heterocycles. The molecule has 0 radical (unpaired) electrons. The molecule has 2 aliphatic rings. The lowest BCUT2D eigenvalue weighted by Gasteiger charge is -2.33. The maximum absolute atomic E-state index is 6.63. The van der Waals surface area contributed by atoms with Crippen LogP contribution in [0.15, 0.2) is 144 Å². The van der Waals surface area contributed by atoms with Crippen molar-refractivity contribution in [2.24, 2.45) is 0 Å². The second-order valence-corrected chi connectivity index (χ2v) is 19.8. The number of hydrogen-bond acceptors (Lipinski definition) is 2. The number of para-hydroxylation sites is 2. The van der Waals surface area contributed by atoms with E-state index in [0.717, 1.165) is 38.8 Å². The zero-order valence-electron chi connectivity index (χ0n) is 35.6. The fourth-order valence-corrected chi connectivity index (χ4v) is 10.0. The zero-order valence-corrected chi connectivity index (χ0v) is 35.6. The Bertz CT molecular complexity index is 2970. The maximum Gasteiger partial charge on any atom is 0.143 e. The highest BCUT2D eigenvalue weighted by molar-refractivity contribution is 6.10. The Balaban J connectivity index is 1.30. The third-order valence-electron chi connectivity index (χ3n) is 13.4. The number of nitrogens with zero attached hydrogens (tertiary/aromatic N) is 1. The molecule has 7 aromatic carbocycles. The lowest BCUT2D eigenvalue weighted by atomic mass is 9.77. The average molecular weight is 756 g/mol. The fourth-order valence-electron chi connectivity index (χ4n) is 10.0. The fraction of sp³-hybridized carbons (Fsp3) is 0.250. The van der Waals surface area contributed by atoms with E-state index in [2.05, 4.69) is 208 Å². The van der Waals surface area contributed by atoms with Gasteiger partial charge in [0.2, 0.25) is 0 Å². The van der Waals surface area contributed by atoms with Gasteiger partial charge in [0.1, 0.15) is 11.2 Å². The van der Waals surface area contributed by atoms with E-state index in [1.807, 2.05) is 6.07 Å². The number of hydrogen-bond donors (Lipinski definition) is 0. The Morgan fingerprint density at radius 3 is 1.84 bits per heavy atom. The van der Waals surface area contributed by atoms with E-state index < -0.39 is 0 Å². The topological polar surface area (TPSA) is 16.4 Å². The van der Waals surface area contributed by atoms with Gasteiger partial charge < -0.3 is 9.32 Å². The number of furan rings is 1. The zero-order chi connectivity index (χ0) is 40.5. The maximum atomic E-state index is 6.63.